The normalized spacial score (nSPS) is 9.06. The Labute approximate surface area is 109 Å². The molecule has 0 atom stereocenters. The molecule has 0 aliphatic rings. The summed E-state index contributed by atoms with van der Waals surface area (Å²) >= 11 is 0. The predicted octanol–water partition coefficient (Wildman–Crippen LogP) is 3.17. The number of hydrogen-bond acceptors (Lipinski definition) is 1. The molecule has 0 saturated heterocycles. The summed E-state index contributed by atoms with van der Waals surface area (Å²) in [6.07, 6.45) is 1.89. The van der Waals surface area contributed by atoms with Crippen LogP contribution < -0.4 is 0 Å². The molecule has 0 N–H and O–H groups in total. The molecule has 1 nitrogen and oxygen atoms in total. The molecule has 0 bridgehead atoms. The van der Waals surface area contributed by atoms with Crippen LogP contribution >= 0.6 is 0 Å². The van der Waals surface area contributed by atoms with Crippen molar-refractivity contribution in [3.63, 3.8) is 0 Å². The molecule has 0 fully saturated rings. The highest BCUT2D eigenvalue weighted by Crippen LogP contribution is 2.23. The Hall–Kier alpha value is -1.43. The van der Waals surface area contributed by atoms with Crippen molar-refractivity contribution in [2.75, 3.05) is 0 Å². The molecule has 6 radical (unpaired) electrons. The summed E-state index contributed by atoms with van der Waals surface area (Å²) < 4.78 is 3.86. The van der Waals surface area contributed by atoms with Gasteiger partial charge >= 0.3 is 0 Å². The highest BCUT2D eigenvalue weighted by molar-refractivity contribution is 6.15. The summed E-state index contributed by atoms with van der Waals surface area (Å²) in [4.78, 5) is 0. The molecule has 0 unspecified atom stereocenters. The third-order valence-electron chi connectivity index (χ3n) is 2.27. The minimum Gasteiger partial charge on any atom is -0.458 e. The molecule has 0 amide bonds. The third-order valence-corrected chi connectivity index (χ3v) is 2.27. The fourth-order valence-electron chi connectivity index (χ4n) is 1.56. The van der Waals surface area contributed by atoms with Gasteiger partial charge in [-0.2, -0.15) is 0 Å². The van der Waals surface area contributed by atoms with E-state index in [0.717, 1.165) is 0 Å². The van der Waals surface area contributed by atoms with E-state index in [1.165, 1.54) is 16.7 Å². The van der Waals surface area contributed by atoms with Gasteiger partial charge in [0.15, 0.2) is 0 Å². The molecule has 82 valence electrons. The first-order chi connectivity index (χ1) is 8.33. The van der Waals surface area contributed by atoms with Crippen LogP contribution in [0.25, 0.3) is 17.2 Å². The van der Waals surface area contributed by atoms with Crippen molar-refractivity contribution in [1.82, 2.24) is 0 Å². The Morgan fingerprint density at radius 2 is 1.41 bits per heavy atom. The van der Waals surface area contributed by atoms with Crippen LogP contribution in [0.5, 0.6) is 0 Å². The van der Waals surface area contributed by atoms with E-state index in [9.17, 15) is 0 Å². The van der Waals surface area contributed by atoms with Crippen molar-refractivity contribution in [2.45, 2.75) is 0 Å². The van der Waals surface area contributed by atoms with Gasteiger partial charge in [-0.3, -0.25) is 0 Å². The van der Waals surface area contributed by atoms with E-state index in [4.69, 9.17) is 0 Å². The Morgan fingerprint density at radius 1 is 0.882 bits per heavy atom. The van der Waals surface area contributed by atoms with Gasteiger partial charge in [0.25, 0.3) is 0 Å². The molecule has 0 heterocycles. The van der Waals surface area contributed by atoms with E-state index in [1.807, 2.05) is 18.2 Å². The summed E-state index contributed by atoms with van der Waals surface area (Å²) in [5, 5.41) is 0. The Balaban J connectivity index is 0.000000437. The van der Waals surface area contributed by atoms with Crippen molar-refractivity contribution >= 4 is 27.0 Å². The SMILES string of the molecule is C=Cc1ccccc1-c1ccccc1.[Si]O[Si]. The van der Waals surface area contributed by atoms with Gasteiger partial charge in [0.1, 0.15) is 0 Å². The zero-order chi connectivity index (χ0) is 12.5. The number of rotatable bonds is 2. The Bertz CT molecular complexity index is 455. The maximum Gasteiger partial charge on any atom is 0.229 e. The summed E-state index contributed by atoms with van der Waals surface area (Å²) in [5.74, 6) is 0. The van der Waals surface area contributed by atoms with Crippen molar-refractivity contribution in [2.24, 2.45) is 0 Å². The second kappa shape index (κ2) is 7.78. The fourth-order valence-corrected chi connectivity index (χ4v) is 1.56. The lowest BCUT2D eigenvalue weighted by atomic mass is 10.00. The van der Waals surface area contributed by atoms with Crippen LogP contribution in [0.15, 0.2) is 61.2 Å². The van der Waals surface area contributed by atoms with Gasteiger partial charge in [-0.15, -0.1) is 0 Å². The smallest absolute Gasteiger partial charge is 0.229 e. The largest absolute Gasteiger partial charge is 0.458 e. The van der Waals surface area contributed by atoms with E-state index in [2.05, 4.69) is 74.1 Å². The lowest BCUT2D eigenvalue weighted by molar-refractivity contribution is 0.690. The number of benzene rings is 2. The Morgan fingerprint density at radius 3 is 2.00 bits per heavy atom. The van der Waals surface area contributed by atoms with E-state index in [0.29, 0.717) is 0 Å². The van der Waals surface area contributed by atoms with Crippen LogP contribution in [0, 0.1) is 0 Å². The van der Waals surface area contributed by atoms with Crippen molar-refractivity contribution < 1.29 is 4.12 Å². The Kier molecular flexibility index (Phi) is 6.24. The van der Waals surface area contributed by atoms with E-state index >= 15 is 0 Å². The molecule has 3 heteroatoms. The molecule has 0 aromatic heterocycles. The molecule has 0 saturated carbocycles. The zero-order valence-electron chi connectivity index (χ0n) is 9.39. The van der Waals surface area contributed by atoms with Gasteiger partial charge in [-0.25, -0.2) is 0 Å². The van der Waals surface area contributed by atoms with Crippen molar-refractivity contribution in [1.29, 1.82) is 0 Å². The molecule has 2 rings (SSSR count). The maximum atomic E-state index is 3.86. The summed E-state index contributed by atoms with van der Waals surface area (Å²) in [6.45, 7) is 3.82. The summed E-state index contributed by atoms with van der Waals surface area (Å²) in [5.41, 5.74) is 3.66. The van der Waals surface area contributed by atoms with Crippen molar-refractivity contribution in [3.05, 3.63) is 66.7 Å². The zero-order valence-corrected chi connectivity index (χ0v) is 11.4. The predicted molar refractivity (Wildman–Crippen MR) is 74.6 cm³/mol. The van der Waals surface area contributed by atoms with Crippen LogP contribution in [0.2, 0.25) is 0 Å². The van der Waals surface area contributed by atoms with Crippen LogP contribution in [0.3, 0.4) is 0 Å². The van der Waals surface area contributed by atoms with Gasteiger partial charge < -0.3 is 4.12 Å². The van der Waals surface area contributed by atoms with Crippen LogP contribution in [-0.4, -0.2) is 21.0 Å². The van der Waals surface area contributed by atoms with Gasteiger partial charge in [-0.05, 0) is 16.7 Å². The second-order valence-corrected chi connectivity index (χ2v) is 4.08. The standard InChI is InChI=1S/C14H12.OSi2/c1-2-12-8-6-7-11-14(12)13-9-4-3-5-10-13;2-1-3/h2-11H,1H2;. The molecule has 0 spiro atoms. The minimum atomic E-state index is 1.18. The first kappa shape index (κ1) is 13.6. The minimum absolute atomic E-state index is 1.18. The number of hydrogen-bond donors (Lipinski definition) is 0. The molecule has 0 aliphatic heterocycles. The highest BCUT2D eigenvalue weighted by atomic mass is 28.3. The fraction of sp³-hybridized carbons (Fsp3) is 0. The first-order valence-corrected chi connectivity index (χ1v) is 5.91. The first-order valence-electron chi connectivity index (χ1n) is 5.09. The van der Waals surface area contributed by atoms with Crippen LogP contribution in [0.4, 0.5) is 0 Å². The molecular weight excluding hydrogens is 240 g/mol. The molecule has 2 aromatic carbocycles. The monoisotopic (exact) mass is 252 g/mol. The molecule has 17 heavy (non-hydrogen) atoms. The summed E-state index contributed by atoms with van der Waals surface area (Å²) in [7, 11) is 5.19. The van der Waals surface area contributed by atoms with Crippen LogP contribution in [-0.2, 0) is 4.12 Å². The molecule has 2 aromatic rings. The van der Waals surface area contributed by atoms with Crippen molar-refractivity contribution in [3.8, 4) is 11.1 Å². The molecule has 0 aliphatic carbocycles. The van der Waals surface area contributed by atoms with Crippen LogP contribution in [0.1, 0.15) is 5.56 Å². The average Bonchev–Trinajstić information content (AvgIpc) is 2.40. The van der Waals surface area contributed by atoms with Gasteiger partial charge in [0.05, 0.1) is 0 Å². The topological polar surface area (TPSA) is 9.23 Å². The van der Waals surface area contributed by atoms with E-state index in [-0.39, 0.29) is 0 Å². The second-order valence-electron chi connectivity index (χ2n) is 3.26. The molecular formula is C14H12OSi2. The summed E-state index contributed by atoms with van der Waals surface area (Å²) in [6, 6.07) is 18.6. The lowest BCUT2D eigenvalue weighted by Crippen LogP contribution is -1.81. The third kappa shape index (κ3) is 4.15. The quantitative estimate of drug-likeness (QED) is 0.746. The van der Waals surface area contributed by atoms with Gasteiger partial charge in [0.2, 0.25) is 21.0 Å². The van der Waals surface area contributed by atoms with Gasteiger partial charge in [0, 0.05) is 0 Å². The lowest BCUT2D eigenvalue weighted by Gasteiger charge is -2.04. The van der Waals surface area contributed by atoms with E-state index in [1.54, 1.807) is 0 Å². The maximum absolute atomic E-state index is 3.86. The average molecular weight is 252 g/mol. The van der Waals surface area contributed by atoms with Gasteiger partial charge in [-0.1, -0.05) is 67.3 Å². The highest BCUT2D eigenvalue weighted by Gasteiger charge is 1.99. The van der Waals surface area contributed by atoms with E-state index < -0.39 is 0 Å².